The van der Waals surface area contributed by atoms with Gasteiger partial charge in [-0.25, -0.2) is 0 Å². The van der Waals surface area contributed by atoms with Crippen molar-refractivity contribution in [2.45, 2.75) is 39.5 Å². The molecule has 2 heteroatoms. The van der Waals surface area contributed by atoms with Crippen molar-refractivity contribution in [1.82, 2.24) is 5.32 Å². The second-order valence-electron chi connectivity index (χ2n) is 5.33. The smallest absolute Gasteiger partial charge is 0.0446 e. The fraction of sp³-hybridized carbons (Fsp3) is 1.00. The minimum Gasteiger partial charge on any atom is -0.319 e. The molecule has 0 saturated carbocycles. The Balaban J connectivity index is 3.95. The third-order valence-electron chi connectivity index (χ3n) is 2.28. The van der Waals surface area contributed by atoms with Gasteiger partial charge in [0.2, 0.25) is 0 Å². The van der Waals surface area contributed by atoms with Gasteiger partial charge in [0.05, 0.1) is 0 Å². The van der Waals surface area contributed by atoms with Crippen molar-refractivity contribution < 1.29 is 0 Å². The van der Waals surface area contributed by atoms with E-state index in [0.29, 0.717) is 0 Å². The van der Waals surface area contributed by atoms with Crippen molar-refractivity contribution in [2.75, 3.05) is 13.6 Å². The summed E-state index contributed by atoms with van der Waals surface area (Å²) in [6.07, 6.45) is 0. The number of hydrogen-bond acceptors (Lipinski definition) is 1. The van der Waals surface area contributed by atoms with Gasteiger partial charge in [-0.15, -0.1) is 0 Å². The SMILES string of the molecule is CNCC(C[Si](C)(C)C)C(C)C. The van der Waals surface area contributed by atoms with Crippen LogP contribution in [0.1, 0.15) is 13.8 Å². The summed E-state index contributed by atoms with van der Waals surface area (Å²) in [6, 6.07) is 1.45. The Kier molecular flexibility index (Phi) is 5.10. The highest BCUT2D eigenvalue weighted by atomic mass is 28.3. The normalized spacial score (nSPS) is 15.2. The maximum absolute atomic E-state index is 3.29. The van der Waals surface area contributed by atoms with E-state index >= 15 is 0 Å². The molecule has 12 heavy (non-hydrogen) atoms. The highest BCUT2D eigenvalue weighted by Gasteiger charge is 2.21. The molecule has 0 rings (SSSR count). The van der Waals surface area contributed by atoms with Crippen LogP contribution in [0.2, 0.25) is 25.7 Å². The van der Waals surface area contributed by atoms with Gasteiger partial charge in [0.25, 0.3) is 0 Å². The zero-order valence-corrected chi connectivity index (χ0v) is 10.6. The second-order valence-corrected chi connectivity index (χ2v) is 10.9. The molecule has 1 N–H and O–H groups in total. The number of nitrogens with one attached hydrogen (secondary N) is 1. The standard InChI is InChI=1S/C10H25NSi/c1-9(2)10(7-11-3)8-12(4,5)6/h9-11H,7-8H2,1-6H3. The van der Waals surface area contributed by atoms with Crippen molar-refractivity contribution in [1.29, 1.82) is 0 Å². The van der Waals surface area contributed by atoms with Crippen LogP contribution in [-0.4, -0.2) is 21.7 Å². The molecule has 0 bridgehead atoms. The first-order valence-corrected chi connectivity index (χ1v) is 8.72. The Morgan fingerprint density at radius 1 is 1.17 bits per heavy atom. The van der Waals surface area contributed by atoms with E-state index in [4.69, 9.17) is 0 Å². The molecule has 0 radical (unpaired) electrons. The molecule has 0 aliphatic heterocycles. The summed E-state index contributed by atoms with van der Waals surface area (Å²) in [5.41, 5.74) is 0. The van der Waals surface area contributed by atoms with E-state index in [9.17, 15) is 0 Å². The minimum absolute atomic E-state index is 0.823. The average Bonchev–Trinajstić information content (AvgIpc) is 1.83. The van der Waals surface area contributed by atoms with Crippen molar-refractivity contribution >= 4 is 8.07 Å². The molecule has 1 nitrogen and oxygen atoms in total. The van der Waals surface area contributed by atoms with E-state index in [1.807, 2.05) is 0 Å². The first-order chi connectivity index (χ1) is 5.37. The fourth-order valence-corrected chi connectivity index (χ4v) is 3.78. The van der Waals surface area contributed by atoms with E-state index in [1.54, 1.807) is 0 Å². The van der Waals surface area contributed by atoms with Gasteiger partial charge in [0.1, 0.15) is 0 Å². The van der Waals surface area contributed by atoms with Gasteiger partial charge in [0.15, 0.2) is 0 Å². The Morgan fingerprint density at radius 2 is 1.67 bits per heavy atom. The summed E-state index contributed by atoms with van der Waals surface area (Å²) in [5, 5.41) is 3.29. The van der Waals surface area contributed by atoms with Crippen LogP contribution < -0.4 is 5.32 Å². The lowest BCUT2D eigenvalue weighted by molar-refractivity contribution is 0.401. The molecule has 0 aromatic rings. The topological polar surface area (TPSA) is 12.0 Å². The molecule has 0 amide bonds. The Labute approximate surface area is 79.0 Å². The maximum atomic E-state index is 3.29. The third kappa shape index (κ3) is 5.78. The molecule has 0 fully saturated rings. The van der Waals surface area contributed by atoms with E-state index in [2.05, 4.69) is 45.9 Å². The van der Waals surface area contributed by atoms with Gasteiger partial charge in [-0.3, -0.25) is 0 Å². The summed E-state index contributed by atoms with van der Waals surface area (Å²) < 4.78 is 0. The van der Waals surface area contributed by atoms with Gasteiger partial charge in [0, 0.05) is 8.07 Å². The summed E-state index contributed by atoms with van der Waals surface area (Å²) in [5.74, 6) is 1.70. The van der Waals surface area contributed by atoms with Gasteiger partial charge in [-0.2, -0.15) is 0 Å². The monoisotopic (exact) mass is 187 g/mol. The Morgan fingerprint density at radius 3 is 1.92 bits per heavy atom. The highest BCUT2D eigenvalue weighted by Crippen LogP contribution is 2.22. The summed E-state index contributed by atoms with van der Waals surface area (Å²) in [6.45, 7) is 13.2. The molecule has 0 aliphatic carbocycles. The van der Waals surface area contributed by atoms with Crippen molar-refractivity contribution in [3.05, 3.63) is 0 Å². The van der Waals surface area contributed by atoms with Crippen LogP contribution in [0.5, 0.6) is 0 Å². The Hall–Kier alpha value is 0.177. The number of rotatable bonds is 5. The summed E-state index contributed by atoms with van der Waals surface area (Å²) in [7, 11) is 1.19. The average molecular weight is 187 g/mol. The second kappa shape index (κ2) is 5.03. The quantitative estimate of drug-likeness (QED) is 0.653. The van der Waals surface area contributed by atoms with E-state index in [0.717, 1.165) is 11.8 Å². The zero-order valence-electron chi connectivity index (χ0n) is 9.57. The van der Waals surface area contributed by atoms with Gasteiger partial charge in [-0.1, -0.05) is 39.5 Å². The van der Waals surface area contributed by atoms with Crippen LogP contribution in [0.3, 0.4) is 0 Å². The first-order valence-electron chi connectivity index (χ1n) is 5.01. The lowest BCUT2D eigenvalue weighted by atomic mass is 9.98. The lowest BCUT2D eigenvalue weighted by Crippen LogP contribution is -2.31. The van der Waals surface area contributed by atoms with Crippen LogP contribution in [0, 0.1) is 11.8 Å². The predicted octanol–water partition coefficient (Wildman–Crippen LogP) is 2.82. The molecular formula is C10H25NSi. The predicted molar refractivity (Wildman–Crippen MR) is 60.4 cm³/mol. The summed E-state index contributed by atoms with van der Waals surface area (Å²) in [4.78, 5) is 0. The zero-order chi connectivity index (χ0) is 9.78. The lowest BCUT2D eigenvalue weighted by Gasteiger charge is -2.27. The molecule has 1 unspecified atom stereocenters. The van der Waals surface area contributed by atoms with Gasteiger partial charge >= 0.3 is 0 Å². The van der Waals surface area contributed by atoms with Crippen LogP contribution in [0.4, 0.5) is 0 Å². The fourth-order valence-electron chi connectivity index (χ4n) is 1.59. The minimum atomic E-state index is -0.860. The molecule has 0 spiro atoms. The van der Waals surface area contributed by atoms with E-state index in [1.165, 1.54) is 12.6 Å². The molecular weight excluding hydrogens is 162 g/mol. The van der Waals surface area contributed by atoms with Gasteiger partial charge in [-0.05, 0) is 25.4 Å². The van der Waals surface area contributed by atoms with E-state index in [-0.39, 0.29) is 0 Å². The van der Waals surface area contributed by atoms with Crippen LogP contribution in [0.25, 0.3) is 0 Å². The highest BCUT2D eigenvalue weighted by molar-refractivity contribution is 6.76. The van der Waals surface area contributed by atoms with Crippen LogP contribution >= 0.6 is 0 Å². The molecule has 1 atom stereocenters. The summed E-state index contributed by atoms with van der Waals surface area (Å²) >= 11 is 0. The van der Waals surface area contributed by atoms with Crippen LogP contribution in [0.15, 0.2) is 0 Å². The largest absolute Gasteiger partial charge is 0.319 e. The van der Waals surface area contributed by atoms with E-state index < -0.39 is 8.07 Å². The molecule has 0 heterocycles. The molecule has 0 aromatic heterocycles. The van der Waals surface area contributed by atoms with Crippen molar-refractivity contribution in [2.24, 2.45) is 11.8 Å². The van der Waals surface area contributed by atoms with Crippen molar-refractivity contribution in [3.63, 3.8) is 0 Å². The first kappa shape index (κ1) is 12.2. The van der Waals surface area contributed by atoms with Gasteiger partial charge < -0.3 is 5.32 Å². The molecule has 74 valence electrons. The molecule has 0 aliphatic rings. The van der Waals surface area contributed by atoms with Crippen molar-refractivity contribution in [3.8, 4) is 0 Å². The molecule has 0 saturated heterocycles. The Bertz CT molecular complexity index is 115. The molecule has 0 aromatic carbocycles. The number of hydrogen-bond donors (Lipinski definition) is 1. The van der Waals surface area contributed by atoms with Crippen LogP contribution in [-0.2, 0) is 0 Å². The maximum Gasteiger partial charge on any atom is 0.0446 e. The third-order valence-corrected chi connectivity index (χ3v) is 4.03.